The normalized spacial score (nSPS) is 18.0. The maximum atomic E-state index is 12.6. The summed E-state index contributed by atoms with van der Waals surface area (Å²) in [5.41, 5.74) is 1.05. The number of likely N-dealkylation sites (tertiary alicyclic amines) is 1. The summed E-state index contributed by atoms with van der Waals surface area (Å²) >= 11 is 0. The fraction of sp³-hybridized carbons (Fsp3) is 0.600. The number of rotatable bonds is 7. The SMILES string of the molecule is COC(=O)CC1CCCN(CC(=O)N(C)Cc2cccc(OC)c2)CC1. The Balaban J connectivity index is 1.81. The van der Waals surface area contributed by atoms with Crippen molar-refractivity contribution in [3.8, 4) is 5.75 Å². The van der Waals surface area contributed by atoms with Crippen LogP contribution in [0.25, 0.3) is 0 Å². The lowest BCUT2D eigenvalue weighted by Crippen LogP contribution is -2.38. The van der Waals surface area contributed by atoms with Gasteiger partial charge in [0.1, 0.15) is 5.75 Å². The van der Waals surface area contributed by atoms with Crippen LogP contribution < -0.4 is 4.74 Å². The first-order chi connectivity index (χ1) is 12.5. The van der Waals surface area contributed by atoms with Gasteiger partial charge in [0.25, 0.3) is 0 Å². The molecule has 6 nitrogen and oxygen atoms in total. The molecule has 144 valence electrons. The number of hydrogen-bond donors (Lipinski definition) is 0. The van der Waals surface area contributed by atoms with Gasteiger partial charge in [-0.25, -0.2) is 0 Å². The number of ether oxygens (including phenoxy) is 2. The zero-order valence-electron chi connectivity index (χ0n) is 16.1. The molecule has 1 heterocycles. The van der Waals surface area contributed by atoms with Gasteiger partial charge in [-0.15, -0.1) is 0 Å². The Bertz CT molecular complexity index is 605. The van der Waals surface area contributed by atoms with E-state index in [1.54, 1.807) is 12.0 Å². The highest BCUT2D eigenvalue weighted by atomic mass is 16.5. The van der Waals surface area contributed by atoms with Gasteiger partial charge in [0.2, 0.25) is 5.91 Å². The monoisotopic (exact) mass is 362 g/mol. The molecule has 2 rings (SSSR count). The molecular formula is C20H30N2O4. The van der Waals surface area contributed by atoms with E-state index in [1.165, 1.54) is 7.11 Å². The summed E-state index contributed by atoms with van der Waals surface area (Å²) in [6.07, 6.45) is 3.43. The van der Waals surface area contributed by atoms with Crippen molar-refractivity contribution in [1.82, 2.24) is 9.80 Å². The van der Waals surface area contributed by atoms with Crippen molar-refractivity contribution >= 4 is 11.9 Å². The summed E-state index contributed by atoms with van der Waals surface area (Å²) in [4.78, 5) is 28.0. The number of benzene rings is 1. The molecular weight excluding hydrogens is 332 g/mol. The third kappa shape index (κ3) is 6.33. The minimum Gasteiger partial charge on any atom is -0.497 e. The number of nitrogens with zero attached hydrogens (tertiary/aromatic N) is 2. The molecule has 26 heavy (non-hydrogen) atoms. The van der Waals surface area contributed by atoms with Crippen LogP contribution >= 0.6 is 0 Å². The van der Waals surface area contributed by atoms with Crippen molar-refractivity contribution in [2.45, 2.75) is 32.2 Å². The summed E-state index contributed by atoms with van der Waals surface area (Å²) in [5, 5.41) is 0. The van der Waals surface area contributed by atoms with E-state index < -0.39 is 0 Å². The topological polar surface area (TPSA) is 59.1 Å². The molecule has 1 aromatic carbocycles. The second-order valence-corrected chi connectivity index (χ2v) is 6.95. The third-order valence-electron chi connectivity index (χ3n) is 4.96. The van der Waals surface area contributed by atoms with Crippen LogP contribution in [0.15, 0.2) is 24.3 Å². The Morgan fingerprint density at radius 1 is 1.23 bits per heavy atom. The summed E-state index contributed by atoms with van der Waals surface area (Å²) in [6, 6.07) is 7.78. The number of amides is 1. The van der Waals surface area contributed by atoms with Gasteiger partial charge in [0, 0.05) is 20.0 Å². The van der Waals surface area contributed by atoms with Crippen LogP contribution in [0, 0.1) is 5.92 Å². The standard InChI is InChI=1S/C20H30N2O4/c1-21(14-17-6-4-8-18(12-17)25-2)19(23)15-22-10-5-7-16(9-11-22)13-20(24)26-3/h4,6,8,12,16H,5,7,9-11,13-15H2,1-3H3. The fourth-order valence-corrected chi connectivity index (χ4v) is 3.35. The van der Waals surface area contributed by atoms with Crippen LogP contribution in [0.2, 0.25) is 0 Å². The molecule has 0 saturated carbocycles. The van der Waals surface area contributed by atoms with Gasteiger partial charge < -0.3 is 14.4 Å². The molecule has 1 fully saturated rings. The van der Waals surface area contributed by atoms with E-state index in [1.807, 2.05) is 31.3 Å². The number of carbonyl (C=O) groups is 2. The third-order valence-corrected chi connectivity index (χ3v) is 4.96. The van der Waals surface area contributed by atoms with Crippen molar-refractivity contribution in [2.24, 2.45) is 5.92 Å². The Morgan fingerprint density at radius 2 is 2.04 bits per heavy atom. The van der Waals surface area contributed by atoms with E-state index in [2.05, 4.69) is 4.90 Å². The predicted octanol–water partition coefficient (Wildman–Crippen LogP) is 2.32. The fourth-order valence-electron chi connectivity index (χ4n) is 3.35. The first kappa shape index (κ1) is 20.2. The van der Waals surface area contributed by atoms with E-state index in [9.17, 15) is 9.59 Å². The molecule has 6 heteroatoms. The van der Waals surface area contributed by atoms with Crippen LogP contribution in [-0.4, -0.2) is 62.6 Å². The Kier molecular flexibility index (Phi) is 7.91. The van der Waals surface area contributed by atoms with Gasteiger partial charge in [0.05, 0.1) is 20.8 Å². The van der Waals surface area contributed by atoms with Crippen LogP contribution in [0.1, 0.15) is 31.2 Å². The molecule has 1 amide bonds. The highest BCUT2D eigenvalue weighted by Gasteiger charge is 2.22. The van der Waals surface area contributed by atoms with E-state index in [0.717, 1.165) is 43.7 Å². The van der Waals surface area contributed by atoms with Crippen molar-refractivity contribution in [3.63, 3.8) is 0 Å². The summed E-state index contributed by atoms with van der Waals surface area (Å²) in [5.74, 6) is 1.13. The molecule has 1 aromatic rings. The minimum atomic E-state index is -0.141. The Labute approximate surface area is 156 Å². The first-order valence-corrected chi connectivity index (χ1v) is 9.18. The van der Waals surface area contributed by atoms with Gasteiger partial charge in [-0.3, -0.25) is 14.5 Å². The lowest BCUT2D eigenvalue weighted by Gasteiger charge is -2.24. The summed E-state index contributed by atoms with van der Waals surface area (Å²) in [6.45, 7) is 2.73. The second kappa shape index (κ2) is 10.2. The van der Waals surface area contributed by atoms with Crippen molar-refractivity contribution in [2.75, 3.05) is 40.9 Å². The van der Waals surface area contributed by atoms with Crippen molar-refractivity contribution in [3.05, 3.63) is 29.8 Å². The number of likely N-dealkylation sites (N-methyl/N-ethyl adjacent to an activating group) is 1. The predicted molar refractivity (Wildman–Crippen MR) is 99.9 cm³/mol. The maximum absolute atomic E-state index is 12.6. The molecule has 1 aliphatic heterocycles. The smallest absolute Gasteiger partial charge is 0.305 e. The van der Waals surface area contributed by atoms with Crippen LogP contribution in [0.3, 0.4) is 0 Å². The molecule has 0 aromatic heterocycles. The second-order valence-electron chi connectivity index (χ2n) is 6.95. The lowest BCUT2D eigenvalue weighted by molar-refractivity contribution is -0.141. The largest absolute Gasteiger partial charge is 0.497 e. The van der Waals surface area contributed by atoms with Gasteiger partial charge in [-0.1, -0.05) is 12.1 Å². The Morgan fingerprint density at radius 3 is 2.77 bits per heavy atom. The van der Waals surface area contributed by atoms with Crippen molar-refractivity contribution < 1.29 is 19.1 Å². The van der Waals surface area contributed by atoms with E-state index >= 15 is 0 Å². The van der Waals surface area contributed by atoms with Crippen LogP contribution in [0.5, 0.6) is 5.75 Å². The van der Waals surface area contributed by atoms with Gasteiger partial charge in [-0.05, 0) is 56.0 Å². The molecule has 1 saturated heterocycles. The molecule has 0 N–H and O–H groups in total. The first-order valence-electron chi connectivity index (χ1n) is 9.18. The number of methoxy groups -OCH3 is 2. The number of esters is 1. The number of carbonyl (C=O) groups excluding carboxylic acids is 2. The summed E-state index contributed by atoms with van der Waals surface area (Å²) in [7, 11) is 4.91. The van der Waals surface area contributed by atoms with E-state index in [-0.39, 0.29) is 11.9 Å². The zero-order valence-corrected chi connectivity index (χ0v) is 16.1. The Hall–Kier alpha value is -2.08. The maximum Gasteiger partial charge on any atom is 0.305 e. The molecule has 0 aliphatic carbocycles. The average Bonchev–Trinajstić information content (AvgIpc) is 2.86. The highest BCUT2D eigenvalue weighted by Crippen LogP contribution is 2.21. The molecule has 0 radical (unpaired) electrons. The molecule has 0 spiro atoms. The molecule has 1 unspecified atom stereocenters. The van der Waals surface area contributed by atoms with Gasteiger partial charge >= 0.3 is 5.97 Å². The van der Waals surface area contributed by atoms with Gasteiger partial charge in [-0.2, -0.15) is 0 Å². The van der Waals surface area contributed by atoms with Crippen LogP contribution in [0.4, 0.5) is 0 Å². The van der Waals surface area contributed by atoms with E-state index in [0.29, 0.717) is 25.4 Å². The van der Waals surface area contributed by atoms with E-state index in [4.69, 9.17) is 9.47 Å². The average molecular weight is 362 g/mol. The summed E-state index contributed by atoms with van der Waals surface area (Å²) < 4.78 is 10.0. The molecule has 0 bridgehead atoms. The highest BCUT2D eigenvalue weighted by molar-refractivity contribution is 5.78. The quantitative estimate of drug-likeness (QED) is 0.697. The van der Waals surface area contributed by atoms with Crippen molar-refractivity contribution in [1.29, 1.82) is 0 Å². The van der Waals surface area contributed by atoms with Gasteiger partial charge in [0.15, 0.2) is 0 Å². The minimum absolute atomic E-state index is 0.110. The zero-order chi connectivity index (χ0) is 18.9. The van der Waals surface area contributed by atoms with Crippen LogP contribution in [-0.2, 0) is 20.9 Å². The molecule has 1 aliphatic rings. The number of hydrogen-bond acceptors (Lipinski definition) is 5. The molecule has 1 atom stereocenters. The lowest BCUT2D eigenvalue weighted by atomic mass is 9.97.